The summed E-state index contributed by atoms with van der Waals surface area (Å²) < 4.78 is 10.2. The van der Waals surface area contributed by atoms with Crippen LogP contribution in [0.25, 0.3) is 0 Å². The van der Waals surface area contributed by atoms with Gasteiger partial charge in [0.05, 0.1) is 20.6 Å². The minimum absolute atomic E-state index is 0.0839. The highest BCUT2D eigenvalue weighted by Crippen LogP contribution is 2.52. The van der Waals surface area contributed by atoms with Gasteiger partial charge in [-0.2, -0.15) is 0 Å². The van der Waals surface area contributed by atoms with Crippen LogP contribution in [0.1, 0.15) is 37.8 Å². The lowest BCUT2D eigenvalue weighted by molar-refractivity contribution is -0.141. The van der Waals surface area contributed by atoms with Gasteiger partial charge in [-0.25, -0.2) is 0 Å². The summed E-state index contributed by atoms with van der Waals surface area (Å²) in [6.45, 7) is 1.96. The van der Waals surface area contributed by atoms with E-state index in [1.807, 2.05) is 19.1 Å². The van der Waals surface area contributed by atoms with Crippen LogP contribution in [0.5, 0.6) is 5.75 Å². The second kappa shape index (κ2) is 6.71. The summed E-state index contributed by atoms with van der Waals surface area (Å²) in [7, 11) is 3.11. The predicted octanol–water partition coefficient (Wildman–Crippen LogP) is 3.15. The van der Waals surface area contributed by atoms with E-state index >= 15 is 0 Å². The van der Waals surface area contributed by atoms with Crippen LogP contribution in [0.15, 0.2) is 23.1 Å². The van der Waals surface area contributed by atoms with Crippen LogP contribution in [0.2, 0.25) is 0 Å². The molecule has 0 heterocycles. The largest absolute Gasteiger partial charge is 0.496 e. The Balaban J connectivity index is 2.08. The molecular formula is C16H23NO3S. The Hall–Kier alpha value is -1.20. The van der Waals surface area contributed by atoms with Crippen LogP contribution in [0.4, 0.5) is 0 Å². The van der Waals surface area contributed by atoms with E-state index in [1.165, 1.54) is 7.11 Å². The van der Waals surface area contributed by atoms with Gasteiger partial charge in [0.25, 0.3) is 0 Å². The number of rotatable bonds is 7. The van der Waals surface area contributed by atoms with Crippen molar-refractivity contribution in [3.8, 4) is 5.75 Å². The van der Waals surface area contributed by atoms with E-state index < -0.39 is 0 Å². The molecular weight excluding hydrogens is 286 g/mol. The van der Waals surface area contributed by atoms with E-state index in [1.54, 1.807) is 18.9 Å². The third-order valence-corrected chi connectivity index (χ3v) is 5.36. The Morgan fingerprint density at radius 1 is 1.43 bits per heavy atom. The van der Waals surface area contributed by atoms with E-state index in [2.05, 4.69) is 6.07 Å². The molecule has 1 saturated carbocycles. The fourth-order valence-corrected chi connectivity index (χ4v) is 3.90. The van der Waals surface area contributed by atoms with Gasteiger partial charge >= 0.3 is 5.97 Å². The topological polar surface area (TPSA) is 61.5 Å². The fraction of sp³-hybridized carbons (Fsp3) is 0.562. The maximum absolute atomic E-state index is 11.5. The molecule has 4 nitrogen and oxygen atoms in total. The molecule has 0 aromatic heterocycles. The highest BCUT2D eigenvalue weighted by atomic mass is 32.2. The van der Waals surface area contributed by atoms with Crippen molar-refractivity contribution in [2.75, 3.05) is 20.0 Å². The highest BCUT2D eigenvalue weighted by Gasteiger charge is 2.44. The Morgan fingerprint density at radius 2 is 2.14 bits per heavy atom. The number of carbonyl (C=O) groups is 1. The molecule has 116 valence electrons. The number of thioether (sulfide) groups is 1. The average molecular weight is 309 g/mol. The maximum Gasteiger partial charge on any atom is 0.306 e. The number of methoxy groups -OCH3 is 2. The molecule has 2 N–H and O–H groups in total. The van der Waals surface area contributed by atoms with Crippen molar-refractivity contribution in [1.29, 1.82) is 0 Å². The van der Waals surface area contributed by atoms with Gasteiger partial charge in [0.1, 0.15) is 5.75 Å². The minimum Gasteiger partial charge on any atom is -0.496 e. The second-order valence-corrected chi connectivity index (χ2v) is 6.72. The molecule has 0 spiro atoms. The van der Waals surface area contributed by atoms with Gasteiger partial charge < -0.3 is 15.2 Å². The van der Waals surface area contributed by atoms with Gasteiger partial charge in [-0.1, -0.05) is 6.07 Å². The summed E-state index contributed by atoms with van der Waals surface area (Å²) in [5.41, 5.74) is 7.23. The van der Waals surface area contributed by atoms with E-state index in [0.717, 1.165) is 34.8 Å². The zero-order chi connectivity index (χ0) is 15.5. The predicted molar refractivity (Wildman–Crippen MR) is 84.6 cm³/mol. The van der Waals surface area contributed by atoms with E-state index in [4.69, 9.17) is 15.2 Å². The zero-order valence-electron chi connectivity index (χ0n) is 12.8. The van der Waals surface area contributed by atoms with Crippen LogP contribution < -0.4 is 10.5 Å². The SMILES string of the molecule is COC(=O)CC1(CSc2cccc(OC)c2[C@H](C)N)CC1. The smallest absolute Gasteiger partial charge is 0.306 e. The van der Waals surface area contributed by atoms with Crippen molar-refractivity contribution in [3.05, 3.63) is 23.8 Å². The summed E-state index contributed by atoms with van der Waals surface area (Å²) in [4.78, 5) is 12.6. The third kappa shape index (κ3) is 3.92. The van der Waals surface area contributed by atoms with Gasteiger partial charge in [-0.15, -0.1) is 11.8 Å². The summed E-state index contributed by atoms with van der Waals surface area (Å²) in [6.07, 6.45) is 2.69. The number of hydrogen-bond acceptors (Lipinski definition) is 5. The molecule has 1 atom stereocenters. The van der Waals surface area contributed by atoms with Gasteiger partial charge in [-0.3, -0.25) is 4.79 Å². The first-order valence-electron chi connectivity index (χ1n) is 7.13. The number of carbonyl (C=O) groups excluding carboxylic acids is 1. The lowest BCUT2D eigenvalue weighted by Crippen LogP contribution is -2.14. The molecule has 0 unspecified atom stereocenters. The average Bonchev–Trinajstić information content (AvgIpc) is 3.24. The van der Waals surface area contributed by atoms with Crippen molar-refractivity contribution in [1.82, 2.24) is 0 Å². The Labute approximate surface area is 130 Å². The van der Waals surface area contributed by atoms with Crippen molar-refractivity contribution in [3.63, 3.8) is 0 Å². The van der Waals surface area contributed by atoms with Gasteiger partial charge in [0, 0.05) is 22.3 Å². The first-order valence-corrected chi connectivity index (χ1v) is 8.12. The molecule has 0 radical (unpaired) electrons. The molecule has 0 bridgehead atoms. The normalized spacial score (nSPS) is 17.1. The van der Waals surface area contributed by atoms with Crippen molar-refractivity contribution >= 4 is 17.7 Å². The Morgan fingerprint density at radius 3 is 2.67 bits per heavy atom. The lowest BCUT2D eigenvalue weighted by Gasteiger charge is -2.18. The zero-order valence-corrected chi connectivity index (χ0v) is 13.7. The minimum atomic E-state index is -0.119. The van der Waals surface area contributed by atoms with Crippen LogP contribution in [0.3, 0.4) is 0 Å². The summed E-state index contributed by atoms with van der Waals surface area (Å²) in [5, 5.41) is 0. The fourth-order valence-electron chi connectivity index (χ4n) is 2.43. The first-order chi connectivity index (χ1) is 10.0. The van der Waals surface area contributed by atoms with Gasteiger partial charge in [0.2, 0.25) is 0 Å². The van der Waals surface area contributed by atoms with Gasteiger partial charge in [0.15, 0.2) is 0 Å². The van der Waals surface area contributed by atoms with E-state index in [0.29, 0.717) is 6.42 Å². The van der Waals surface area contributed by atoms with Crippen LogP contribution in [-0.4, -0.2) is 25.9 Å². The molecule has 0 amide bonds. The highest BCUT2D eigenvalue weighted by molar-refractivity contribution is 7.99. The van der Waals surface area contributed by atoms with Crippen LogP contribution in [0, 0.1) is 5.41 Å². The Kier molecular flexibility index (Phi) is 5.17. The third-order valence-electron chi connectivity index (χ3n) is 3.94. The molecule has 1 aromatic rings. The first kappa shape index (κ1) is 16.2. The molecule has 1 aromatic carbocycles. The standard InChI is InChI=1S/C16H23NO3S/c1-11(17)15-12(19-2)5-4-6-13(15)21-10-16(7-8-16)9-14(18)20-3/h4-6,11H,7-10,17H2,1-3H3/t11-/m0/s1. The van der Waals surface area contributed by atoms with Crippen molar-refractivity contribution in [2.24, 2.45) is 11.1 Å². The molecule has 0 aliphatic heterocycles. The number of esters is 1. The monoisotopic (exact) mass is 309 g/mol. The molecule has 1 fully saturated rings. The number of ether oxygens (including phenoxy) is 2. The molecule has 1 aliphatic carbocycles. The van der Waals surface area contributed by atoms with E-state index in [9.17, 15) is 4.79 Å². The summed E-state index contributed by atoms with van der Waals surface area (Å²) in [5.74, 6) is 1.62. The molecule has 21 heavy (non-hydrogen) atoms. The number of nitrogens with two attached hydrogens (primary N) is 1. The number of hydrogen-bond donors (Lipinski definition) is 1. The van der Waals surface area contributed by atoms with Gasteiger partial charge in [-0.05, 0) is 37.3 Å². The van der Waals surface area contributed by atoms with Crippen LogP contribution in [-0.2, 0) is 9.53 Å². The van der Waals surface area contributed by atoms with Crippen molar-refractivity contribution < 1.29 is 14.3 Å². The molecule has 1 aliphatic rings. The summed E-state index contributed by atoms with van der Waals surface area (Å²) in [6, 6.07) is 5.90. The molecule has 5 heteroatoms. The molecule has 2 rings (SSSR count). The number of benzene rings is 1. The quantitative estimate of drug-likeness (QED) is 0.619. The molecule has 0 saturated heterocycles. The maximum atomic E-state index is 11.5. The lowest BCUT2D eigenvalue weighted by atomic mass is 10.1. The summed E-state index contributed by atoms with van der Waals surface area (Å²) >= 11 is 1.76. The Bertz CT molecular complexity index is 512. The van der Waals surface area contributed by atoms with Crippen molar-refractivity contribution in [2.45, 2.75) is 37.1 Å². The van der Waals surface area contributed by atoms with E-state index in [-0.39, 0.29) is 17.4 Å². The van der Waals surface area contributed by atoms with Crippen LogP contribution >= 0.6 is 11.8 Å². The second-order valence-electron chi connectivity index (χ2n) is 5.70.